The van der Waals surface area contributed by atoms with Crippen molar-refractivity contribution in [2.24, 2.45) is 0 Å². The molecule has 0 aliphatic heterocycles. The second-order valence-corrected chi connectivity index (χ2v) is 5.37. The summed E-state index contributed by atoms with van der Waals surface area (Å²) in [6.45, 7) is 2.00. The maximum Gasteiger partial charge on any atom is 0.373 e. The van der Waals surface area contributed by atoms with E-state index < -0.39 is 5.97 Å². The second-order valence-electron chi connectivity index (χ2n) is 3.99. The molecule has 0 spiro atoms. The molecule has 19 heavy (non-hydrogen) atoms. The zero-order chi connectivity index (χ0) is 13.8. The molecule has 4 nitrogen and oxygen atoms in total. The number of carbonyl (C=O) groups excluding carboxylic acids is 1. The summed E-state index contributed by atoms with van der Waals surface area (Å²) in [5.74, 6) is 0.460. The fourth-order valence-corrected chi connectivity index (χ4v) is 2.60. The minimum atomic E-state index is -0.470. The van der Waals surface area contributed by atoms with Gasteiger partial charge in [-0.25, -0.2) is 4.79 Å². The molecule has 2 aromatic rings. The smallest absolute Gasteiger partial charge is 0.373 e. The average Bonchev–Trinajstić information content (AvgIpc) is 2.90. The van der Waals surface area contributed by atoms with Crippen LogP contribution in [0.3, 0.4) is 0 Å². The molecule has 1 unspecified atom stereocenters. The highest BCUT2D eigenvalue weighted by Gasteiger charge is 2.16. The fourth-order valence-electron chi connectivity index (χ4n) is 1.62. The summed E-state index contributed by atoms with van der Waals surface area (Å²) < 4.78 is 10.1. The van der Waals surface area contributed by atoms with Crippen LogP contribution in [0.1, 0.15) is 28.5 Å². The molecule has 1 aromatic carbocycles. The Morgan fingerprint density at radius 3 is 2.74 bits per heavy atom. The van der Waals surface area contributed by atoms with E-state index in [1.54, 1.807) is 23.9 Å². The molecular weight excluding hydrogens is 262 g/mol. The third-order valence-electron chi connectivity index (χ3n) is 2.64. The quantitative estimate of drug-likeness (QED) is 0.526. The normalized spacial score (nSPS) is 12.1. The van der Waals surface area contributed by atoms with Crippen LogP contribution in [0.5, 0.6) is 0 Å². The Morgan fingerprint density at radius 1 is 1.32 bits per heavy atom. The van der Waals surface area contributed by atoms with E-state index >= 15 is 0 Å². The Morgan fingerprint density at radius 2 is 2.05 bits per heavy atom. The number of thioether (sulfide) groups is 1. The highest BCUT2D eigenvalue weighted by molar-refractivity contribution is 7.99. The van der Waals surface area contributed by atoms with Crippen LogP contribution in [0, 0.1) is 0 Å². The molecule has 2 N–H and O–H groups in total. The topological polar surface area (TPSA) is 65.5 Å². The predicted molar refractivity (Wildman–Crippen MR) is 75.2 cm³/mol. The first kappa shape index (κ1) is 13.5. The summed E-state index contributed by atoms with van der Waals surface area (Å²) in [4.78, 5) is 12.3. The number of methoxy groups -OCH3 is 1. The van der Waals surface area contributed by atoms with Crippen molar-refractivity contribution in [3.05, 3.63) is 47.9 Å². The molecule has 0 aliphatic carbocycles. The molecule has 5 heteroatoms. The second kappa shape index (κ2) is 5.84. The van der Waals surface area contributed by atoms with E-state index in [0.29, 0.717) is 5.76 Å². The van der Waals surface area contributed by atoms with Gasteiger partial charge in [0, 0.05) is 10.6 Å². The fraction of sp³-hybridized carbons (Fsp3) is 0.214. The standard InChI is InChI=1S/C14H15NO3S/c1-9(19-13-6-4-3-5-10(13)15)11-7-8-12(18-11)14(16)17-2/h3-9H,15H2,1-2H3. The summed E-state index contributed by atoms with van der Waals surface area (Å²) in [7, 11) is 1.33. The molecule has 2 rings (SSSR count). The van der Waals surface area contributed by atoms with Gasteiger partial charge in [-0.2, -0.15) is 0 Å². The summed E-state index contributed by atoms with van der Waals surface area (Å²) in [5.41, 5.74) is 6.63. The zero-order valence-corrected chi connectivity index (χ0v) is 11.6. The van der Waals surface area contributed by atoms with Crippen LogP contribution in [0.2, 0.25) is 0 Å². The summed E-state index contributed by atoms with van der Waals surface area (Å²) in [6.07, 6.45) is 0. The number of anilines is 1. The third-order valence-corrected chi connectivity index (χ3v) is 3.85. The molecule has 0 radical (unpaired) electrons. The van der Waals surface area contributed by atoms with Crippen LogP contribution in [-0.2, 0) is 4.74 Å². The number of nitrogen functional groups attached to an aromatic ring is 1. The molecule has 0 fully saturated rings. The van der Waals surface area contributed by atoms with Gasteiger partial charge in [-0.15, -0.1) is 11.8 Å². The number of para-hydroxylation sites is 1. The van der Waals surface area contributed by atoms with Crippen molar-refractivity contribution in [2.75, 3.05) is 12.8 Å². The molecule has 0 aliphatic rings. The molecule has 0 saturated carbocycles. The van der Waals surface area contributed by atoms with E-state index in [9.17, 15) is 4.79 Å². The largest absolute Gasteiger partial charge is 0.463 e. The van der Waals surface area contributed by atoms with Crippen LogP contribution in [0.15, 0.2) is 45.7 Å². The molecule has 1 aromatic heterocycles. The Hall–Kier alpha value is -1.88. The lowest BCUT2D eigenvalue weighted by Gasteiger charge is -2.10. The van der Waals surface area contributed by atoms with Crippen molar-refractivity contribution in [1.82, 2.24) is 0 Å². The Bertz CT molecular complexity index is 580. The number of hydrogen-bond donors (Lipinski definition) is 1. The first-order chi connectivity index (χ1) is 9.11. The van der Waals surface area contributed by atoms with Gasteiger partial charge in [-0.1, -0.05) is 12.1 Å². The lowest BCUT2D eigenvalue weighted by Crippen LogP contribution is -1.98. The number of esters is 1. The predicted octanol–water partition coefficient (Wildman–Crippen LogP) is 3.50. The summed E-state index contributed by atoms with van der Waals surface area (Å²) >= 11 is 1.59. The number of hydrogen-bond acceptors (Lipinski definition) is 5. The SMILES string of the molecule is COC(=O)c1ccc(C(C)Sc2ccccc2N)o1. The van der Waals surface area contributed by atoms with E-state index in [0.717, 1.165) is 10.6 Å². The molecule has 1 heterocycles. The van der Waals surface area contributed by atoms with Crippen molar-refractivity contribution >= 4 is 23.4 Å². The Kier molecular flexibility index (Phi) is 4.16. The number of benzene rings is 1. The molecule has 0 amide bonds. The van der Waals surface area contributed by atoms with E-state index in [4.69, 9.17) is 10.2 Å². The van der Waals surface area contributed by atoms with Gasteiger partial charge in [-0.05, 0) is 31.2 Å². The van der Waals surface area contributed by atoms with Crippen LogP contribution < -0.4 is 5.73 Å². The van der Waals surface area contributed by atoms with Gasteiger partial charge in [0.1, 0.15) is 5.76 Å². The maximum absolute atomic E-state index is 11.3. The molecule has 100 valence electrons. The summed E-state index contributed by atoms with van der Waals surface area (Å²) in [5, 5.41) is 0.0584. The van der Waals surface area contributed by atoms with Crippen molar-refractivity contribution in [3.8, 4) is 0 Å². The summed E-state index contributed by atoms with van der Waals surface area (Å²) in [6, 6.07) is 11.0. The average molecular weight is 277 g/mol. The Balaban J connectivity index is 2.12. The van der Waals surface area contributed by atoms with Gasteiger partial charge in [-0.3, -0.25) is 0 Å². The Labute approximate surface area is 115 Å². The molecule has 0 bridgehead atoms. The van der Waals surface area contributed by atoms with Gasteiger partial charge in [0.05, 0.1) is 12.4 Å². The number of rotatable bonds is 4. The minimum absolute atomic E-state index is 0.0584. The van der Waals surface area contributed by atoms with E-state index in [1.165, 1.54) is 7.11 Å². The lowest BCUT2D eigenvalue weighted by atomic mass is 10.3. The molecule has 0 saturated heterocycles. The van der Waals surface area contributed by atoms with E-state index in [-0.39, 0.29) is 11.0 Å². The minimum Gasteiger partial charge on any atom is -0.463 e. The monoisotopic (exact) mass is 277 g/mol. The van der Waals surface area contributed by atoms with Gasteiger partial charge in [0.25, 0.3) is 0 Å². The number of carbonyl (C=O) groups is 1. The van der Waals surface area contributed by atoms with Crippen molar-refractivity contribution in [2.45, 2.75) is 17.1 Å². The van der Waals surface area contributed by atoms with Crippen molar-refractivity contribution < 1.29 is 13.9 Å². The van der Waals surface area contributed by atoms with Gasteiger partial charge in [0.15, 0.2) is 0 Å². The van der Waals surface area contributed by atoms with Crippen LogP contribution in [0.25, 0.3) is 0 Å². The first-order valence-corrected chi connectivity index (χ1v) is 6.69. The van der Waals surface area contributed by atoms with E-state index in [1.807, 2.05) is 31.2 Å². The molecular formula is C14H15NO3S. The third kappa shape index (κ3) is 3.12. The van der Waals surface area contributed by atoms with Gasteiger partial charge in [0.2, 0.25) is 5.76 Å². The highest BCUT2D eigenvalue weighted by atomic mass is 32.2. The van der Waals surface area contributed by atoms with E-state index in [2.05, 4.69) is 4.74 Å². The van der Waals surface area contributed by atoms with Gasteiger partial charge < -0.3 is 14.9 Å². The lowest BCUT2D eigenvalue weighted by molar-refractivity contribution is 0.0563. The van der Waals surface area contributed by atoms with Crippen LogP contribution in [-0.4, -0.2) is 13.1 Å². The first-order valence-electron chi connectivity index (χ1n) is 5.81. The number of ether oxygens (including phenoxy) is 1. The van der Waals surface area contributed by atoms with Crippen LogP contribution in [0.4, 0.5) is 5.69 Å². The van der Waals surface area contributed by atoms with Gasteiger partial charge >= 0.3 is 5.97 Å². The molecule has 1 atom stereocenters. The number of furan rings is 1. The highest BCUT2D eigenvalue weighted by Crippen LogP contribution is 2.38. The zero-order valence-electron chi connectivity index (χ0n) is 10.8. The van der Waals surface area contributed by atoms with Crippen LogP contribution >= 0.6 is 11.8 Å². The maximum atomic E-state index is 11.3. The van der Waals surface area contributed by atoms with Crippen molar-refractivity contribution in [1.29, 1.82) is 0 Å². The number of nitrogens with two attached hydrogens (primary N) is 1. The van der Waals surface area contributed by atoms with Crippen molar-refractivity contribution in [3.63, 3.8) is 0 Å².